The Morgan fingerprint density at radius 1 is 1.61 bits per heavy atom. The van der Waals surface area contributed by atoms with Crippen LogP contribution in [0.2, 0.25) is 5.15 Å². The van der Waals surface area contributed by atoms with Crippen LogP contribution in [-0.2, 0) is 4.79 Å². The van der Waals surface area contributed by atoms with Crippen LogP contribution in [-0.4, -0.2) is 46.6 Å². The summed E-state index contributed by atoms with van der Waals surface area (Å²) in [6, 6.07) is 3.38. The highest BCUT2D eigenvalue weighted by Gasteiger charge is 2.17. The summed E-state index contributed by atoms with van der Waals surface area (Å²) in [7, 11) is 1.77. The summed E-state index contributed by atoms with van der Waals surface area (Å²) < 4.78 is 0. The molecule has 1 heterocycles. The van der Waals surface area contributed by atoms with Crippen LogP contribution < -0.4 is 5.32 Å². The van der Waals surface area contributed by atoms with Crippen molar-refractivity contribution in [2.75, 3.05) is 25.5 Å². The minimum absolute atomic E-state index is 0.176. The third-order valence-corrected chi connectivity index (χ3v) is 2.40. The average molecular weight is 272 g/mol. The number of carbonyl (C=O) groups is 1. The molecule has 1 aromatic rings. The molecule has 0 fully saturated rings. The van der Waals surface area contributed by atoms with Crippen molar-refractivity contribution in [1.82, 2.24) is 9.88 Å². The topological polar surface area (TPSA) is 65.5 Å². The predicted octanol–water partition coefficient (Wildman–Crippen LogP) is 1.38. The van der Waals surface area contributed by atoms with E-state index in [-0.39, 0.29) is 17.6 Å². The van der Waals surface area contributed by atoms with Crippen molar-refractivity contribution in [2.45, 2.75) is 19.4 Å². The Kier molecular flexibility index (Phi) is 5.07. The number of hydrogen-bond acceptors (Lipinski definition) is 4. The number of aromatic nitrogens is 1. The highest BCUT2D eigenvalue weighted by atomic mass is 35.5. The molecule has 0 bridgehead atoms. The lowest BCUT2D eigenvalue weighted by atomic mass is 10.1. The number of carbonyl (C=O) groups excluding carboxylic acids is 1. The van der Waals surface area contributed by atoms with Gasteiger partial charge in [0.2, 0.25) is 5.91 Å². The third-order valence-electron chi connectivity index (χ3n) is 2.10. The van der Waals surface area contributed by atoms with Gasteiger partial charge in [0.25, 0.3) is 0 Å². The van der Waals surface area contributed by atoms with Crippen molar-refractivity contribution in [3.8, 4) is 0 Å². The van der Waals surface area contributed by atoms with Gasteiger partial charge in [-0.25, -0.2) is 4.98 Å². The summed E-state index contributed by atoms with van der Waals surface area (Å²) in [5, 5.41) is 12.6. The first-order chi connectivity index (χ1) is 8.28. The third kappa shape index (κ3) is 5.44. The molecule has 0 aromatic carbocycles. The maximum Gasteiger partial charge on any atom is 0.238 e. The Balaban J connectivity index is 2.50. The van der Waals surface area contributed by atoms with E-state index in [2.05, 4.69) is 10.3 Å². The second-order valence-corrected chi connectivity index (χ2v) is 5.23. The Labute approximate surface area is 112 Å². The maximum atomic E-state index is 11.7. The van der Waals surface area contributed by atoms with Gasteiger partial charge in [-0.15, -0.1) is 0 Å². The molecular formula is C12H18ClN3O2. The summed E-state index contributed by atoms with van der Waals surface area (Å²) in [6.07, 6.45) is 1.55. The fraction of sp³-hybridized carbons (Fsp3) is 0.500. The number of anilines is 1. The number of aliphatic hydroxyl groups is 1. The molecule has 0 aliphatic rings. The average Bonchev–Trinajstić information content (AvgIpc) is 2.18. The van der Waals surface area contributed by atoms with E-state index < -0.39 is 5.60 Å². The van der Waals surface area contributed by atoms with E-state index >= 15 is 0 Å². The summed E-state index contributed by atoms with van der Waals surface area (Å²) in [5.74, 6) is -0.198. The van der Waals surface area contributed by atoms with Crippen LogP contribution in [0.25, 0.3) is 0 Å². The number of likely N-dealkylation sites (N-methyl/N-ethyl adjacent to an activating group) is 1. The van der Waals surface area contributed by atoms with Gasteiger partial charge >= 0.3 is 0 Å². The second kappa shape index (κ2) is 6.13. The van der Waals surface area contributed by atoms with Crippen LogP contribution in [0.15, 0.2) is 18.3 Å². The van der Waals surface area contributed by atoms with Crippen molar-refractivity contribution < 1.29 is 9.90 Å². The maximum absolute atomic E-state index is 11.7. The van der Waals surface area contributed by atoms with Crippen LogP contribution in [0.4, 0.5) is 5.69 Å². The number of amides is 1. The molecule has 0 unspecified atom stereocenters. The van der Waals surface area contributed by atoms with Gasteiger partial charge in [0.15, 0.2) is 5.15 Å². The Morgan fingerprint density at radius 3 is 2.83 bits per heavy atom. The molecule has 6 heteroatoms. The molecule has 0 radical (unpaired) electrons. The zero-order valence-corrected chi connectivity index (χ0v) is 11.5. The van der Waals surface area contributed by atoms with Crippen LogP contribution in [0, 0.1) is 0 Å². The number of halogens is 1. The molecule has 0 saturated heterocycles. The molecule has 18 heavy (non-hydrogen) atoms. The minimum Gasteiger partial charge on any atom is -0.389 e. The first-order valence-corrected chi connectivity index (χ1v) is 5.97. The van der Waals surface area contributed by atoms with E-state index in [1.165, 1.54) is 0 Å². The molecule has 0 atom stereocenters. The van der Waals surface area contributed by atoms with Crippen molar-refractivity contribution >= 4 is 23.2 Å². The molecule has 0 spiro atoms. The molecule has 1 amide bonds. The SMILES string of the molecule is CN(CC(=O)Nc1cccnc1Cl)CC(C)(C)O. The zero-order chi connectivity index (χ0) is 13.8. The van der Waals surface area contributed by atoms with Crippen molar-refractivity contribution in [1.29, 1.82) is 0 Å². The van der Waals surface area contributed by atoms with Crippen molar-refractivity contribution in [3.63, 3.8) is 0 Å². The van der Waals surface area contributed by atoms with Gasteiger partial charge in [-0.3, -0.25) is 9.69 Å². The van der Waals surface area contributed by atoms with Crippen molar-refractivity contribution in [3.05, 3.63) is 23.5 Å². The number of nitrogens with one attached hydrogen (secondary N) is 1. The Hall–Kier alpha value is -1.17. The van der Waals surface area contributed by atoms with Crippen molar-refractivity contribution in [2.24, 2.45) is 0 Å². The van der Waals surface area contributed by atoms with Gasteiger partial charge in [0.05, 0.1) is 17.8 Å². The van der Waals surface area contributed by atoms with E-state index in [1.54, 1.807) is 44.1 Å². The molecular weight excluding hydrogens is 254 g/mol. The molecule has 100 valence electrons. The molecule has 2 N–H and O–H groups in total. The molecule has 0 aliphatic carbocycles. The van der Waals surface area contributed by atoms with Gasteiger partial charge in [-0.05, 0) is 33.0 Å². The molecule has 1 rings (SSSR count). The lowest BCUT2D eigenvalue weighted by Crippen LogP contribution is -2.40. The van der Waals surface area contributed by atoms with E-state index in [0.29, 0.717) is 12.2 Å². The number of hydrogen-bond donors (Lipinski definition) is 2. The highest BCUT2D eigenvalue weighted by Crippen LogP contribution is 2.17. The molecule has 5 nitrogen and oxygen atoms in total. The number of rotatable bonds is 5. The Morgan fingerprint density at radius 2 is 2.28 bits per heavy atom. The van der Waals surface area contributed by atoms with Gasteiger partial charge in [-0.2, -0.15) is 0 Å². The smallest absolute Gasteiger partial charge is 0.238 e. The molecule has 0 aliphatic heterocycles. The first kappa shape index (κ1) is 14.9. The quantitative estimate of drug-likeness (QED) is 0.794. The fourth-order valence-electron chi connectivity index (χ4n) is 1.63. The van der Waals surface area contributed by atoms with Gasteiger partial charge < -0.3 is 10.4 Å². The lowest BCUT2D eigenvalue weighted by molar-refractivity contribution is -0.117. The lowest BCUT2D eigenvalue weighted by Gasteiger charge is -2.24. The van der Waals surface area contributed by atoms with Crippen LogP contribution in [0.3, 0.4) is 0 Å². The second-order valence-electron chi connectivity index (χ2n) is 4.87. The summed E-state index contributed by atoms with van der Waals surface area (Å²) in [6.45, 7) is 3.97. The van der Waals surface area contributed by atoms with Gasteiger partial charge in [-0.1, -0.05) is 11.6 Å². The highest BCUT2D eigenvalue weighted by molar-refractivity contribution is 6.32. The van der Waals surface area contributed by atoms with Gasteiger partial charge in [0.1, 0.15) is 0 Å². The monoisotopic (exact) mass is 271 g/mol. The minimum atomic E-state index is -0.832. The summed E-state index contributed by atoms with van der Waals surface area (Å²) in [4.78, 5) is 17.3. The summed E-state index contributed by atoms with van der Waals surface area (Å²) >= 11 is 5.83. The van der Waals surface area contributed by atoms with E-state index in [1.807, 2.05) is 0 Å². The predicted molar refractivity (Wildman–Crippen MR) is 71.7 cm³/mol. The molecule has 1 aromatic heterocycles. The molecule has 0 saturated carbocycles. The van der Waals surface area contributed by atoms with Crippen LogP contribution in [0.1, 0.15) is 13.8 Å². The fourth-order valence-corrected chi connectivity index (χ4v) is 1.80. The van der Waals surface area contributed by atoms with Crippen LogP contribution in [0.5, 0.6) is 0 Å². The van der Waals surface area contributed by atoms with E-state index in [9.17, 15) is 9.90 Å². The summed E-state index contributed by atoms with van der Waals surface area (Å²) in [5.41, 5.74) is -0.345. The number of pyridine rings is 1. The van der Waals surface area contributed by atoms with Gasteiger partial charge in [0, 0.05) is 12.7 Å². The van der Waals surface area contributed by atoms with Crippen LogP contribution >= 0.6 is 11.6 Å². The largest absolute Gasteiger partial charge is 0.389 e. The standard InChI is InChI=1S/C12H18ClN3O2/c1-12(2,18)8-16(3)7-10(17)15-9-5-4-6-14-11(9)13/h4-6,18H,7-8H2,1-3H3,(H,15,17). The number of nitrogens with zero attached hydrogens (tertiary/aromatic N) is 2. The zero-order valence-electron chi connectivity index (χ0n) is 10.8. The first-order valence-electron chi connectivity index (χ1n) is 5.59. The van der Waals surface area contributed by atoms with E-state index in [4.69, 9.17) is 11.6 Å². The Bertz CT molecular complexity index is 418. The van der Waals surface area contributed by atoms with E-state index in [0.717, 1.165) is 0 Å². The normalized spacial score (nSPS) is 11.7.